The van der Waals surface area contributed by atoms with Crippen molar-refractivity contribution in [2.24, 2.45) is 0 Å². The van der Waals surface area contributed by atoms with E-state index in [0.717, 1.165) is 116 Å². The first-order chi connectivity index (χ1) is 60.4. The van der Waals surface area contributed by atoms with Crippen molar-refractivity contribution in [3.05, 3.63) is 463 Å². The molecule has 0 bridgehead atoms. The smallest absolute Gasteiger partial charge is 0.164 e. The zero-order chi connectivity index (χ0) is 80.4. The Morgan fingerprint density at radius 2 is 0.475 bits per heavy atom. The summed E-state index contributed by atoms with van der Waals surface area (Å²) in [5, 5.41) is 6.77. The van der Waals surface area contributed by atoms with Crippen LogP contribution in [0.4, 0.5) is 0 Å². The minimum atomic E-state index is -0.498. The van der Waals surface area contributed by atoms with Gasteiger partial charge in [0.1, 0.15) is 0 Å². The van der Waals surface area contributed by atoms with Crippen LogP contribution in [0.3, 0.4) is 0 Å². The lowest BCUT2D eigenvalue weighted by atomic mass is 9.67. The molecule has 2 aliphatic heterocycles. The Kier molecular flexibility index (Phi) is 16.8. The molecule has 0 amide bonds. The van der Waals surface area contributed by atoms with Crippen LogP contribution in [0.25, 0.3) is 167 Å². The third-order valence-electron chi connectivity index (χ3n) is 24.9. The topological polar surface area (TPSA) is 90.2 Å². The molecule has 0 N–H and O–H groups in total. The van der Waals surface area contributed by atoms with Crippen LogP contribution in [0.5, 0.6) is 0 Å². The van der Waals surface area contributed by atoms with Gasteiger partial charge in [-0.1, -0.05) is 363 Å². The van der Waals surface area contributed by atoms with E-state index in [4.69, 9.17) is 34.9 Å². The first-order valence-electron chi connectivity index (χ1n) is 41.3. The van der Waals surface area contributed by atoms with Crippen LogP contribution in [0.15, 0.2) is 438 Å². The molecule has 0 radical (unpaired) electrons. The number of nitrogens with zero attached hydrogens (tertiary/aromatic N) is 7. The molecule has 4 aliphatic rings. The Bertz CT molecular complexity index is 7610. The molecule has 6 heterocycles. The van der Waals surface area contributed by atoms with Crippen molar-refractivity contribution in [3.8, 4) is 124 Å². The number of pyridine rings is 2. The van der Waals surface area contributed by atoms with Gasteiger partial charge in [-0.3, -0.25) is 0 Å². The predicted molar refractivity (Wildman–Crippen MR) is 499 cm³/mol. The maximum atomic E-state index is 5.48. The van der Waals surface area contributed by atoms with Crippen LogP contribution in [0.1, 0.15) is 44.5 Å². The SMILES string of the molecule is c1ccc(-c2cc(-c3cccc(-c4ccc5nc(-c6ccccc6)c6cc7c(cc6c5c4)C4(c5ccccc5S7)c5ccccc5-c5ccccc54)c3)nc(-c3ccccc3)n2)cc1.c1ccc(-c2nc(-c3ccccc3)nc(-c3ccc4nc(-c5ccccc5)c5cc6c(cc5c4c3)C3(c4ccccc4S6)c4ccccc4-c4ccccc43)n2)cc1. The molecular weight excluding hydrogens is 1520 g/mol. The van der Waals surface area contributed by atoms with E-state index < -0.39 is 10.8 Å². The van der Waals surface area contributed by atoms with E-state index in [1.54, 1.807) is 0 Å². The van der Waals surface area contributed by atoms with E-state index >= 15 is 0 Å². The Hall–Kier alpha value is -15.1. The van der Waals surface area contributed by atoms with Crippen molar-refractivity contribution in [3.63, 3.8) is 0 Å². The summed E-state index contributed by atoms with van der Waals surface area (Å²) in [4.78, 5) is 41.4. The Morgan fingerprint density at radius 3 is 0.902 bits per heavy atom. The van der Waals surface area contributed by atoms with Gasteiger partial charge >= 0.3 is 0 Å². The summed E-state index contributed by atoms with van der Waals surface area (Å²) in [6, 6.07) is 150. The number of benzene rings is 17. The number of hydrogen-bond acceptors (Lipinski definition) is 9. The first kappa shape index (κ1) is 71.0. The van der Waals surface area contributed by atoms with E-state index in [1.807, 2.05) is 108 Å². The third kappa shape index (κ3) is 11.4. The molecule has 17 aromatic carbocycles. The highest BCUT2D eigenvalue weighted by Gasteiger charge is 2.52. The molecule has 0 fully saturated rings. The largest absolute Gasteiger partial charge is 0.247 e. The van der Waals surface area contributed by atoms with Gasteiger partial charge in [-0.15, -0.1) is 0 Å². The molecule has 568 valence electrons. The second kappa shape index (κ2) is 28.9. The van der Waals surface area contributed by atoms with Crippen LogP contribution in [-0.4, -0.2) is 34.9 Å². The van der Waals surface area contributed by atoms with Crippen molar-refractivity contribution < 1.29 is 0 Å². The van der Waals surface area contributed by atoms with Crippen LogP contribution in [0.2, 0.25) is 0 Å². The highest BCUT2D eigenvalue weighted by Crippen LogP contribution is 2.65. The molecule has 0 saturated carbocycles. The summed E-state index contributed by atoms with van der Waals surface area (Å²) in [6.07, 6.45) is 0. The predicted octanol–water partition coefficient (Wildman–Crippen LogP) is 28.4. The van der Waals surface area contributed by atoms with Crippen molar-refractivity contribution in [2.45, 2.75) is 30.4 Å². The summed E-state index contributed by atoms with van der Waals surface area (Å²) in [6.45, 7) is 0. The van der Waals surface area contributed by atoms with E-state index in [1.165, 1.54) is 91.7 Å². The summed E-state index contributed by atoms with van der Waals surface area (Å²) < 4.78 is 0. The van der Waals surface area contributed by atoms with Gasteiger partial charge in [-0.2, -0.15) is 0 Å². The van der Waals surface area contributed by atoms with Gasteiger partial charge in [0.2, 0.25) is 0 Å². The van der Waals surface area contributed by atoms with Gasteiger partial charge in [0.25, 0.3) is 0 Å². The van der Waals surface area contributed by atoms with Crippen LogP contribution in [-0.2, 0) is 10.8 Å². The van der Waals surface area contributed by atoms with Gasteiger partial charge in [0.15, 0.2) is 23.3 Å². The lowest BCUT2D eigenvalue weighted by molar-refractivity contribution is 0.724. The van der Waals surface area contributed by atoms with Crippen molar-refractivity contribution in [2.75, 3.05) is 0 Å². The second-order valence-corrected chi connectivity index (χ2v) is 33.8. The summed E-state index contributed by atoms with van der Waals surface area (Å²) in [7, 11) is 0. The van der Waals surface area contributed by atoms with Crippen molar-refractivity contribution in [1.82, 2.24) is 34.9 Å². The molecule has 2 aliphatic carbocycles. The van der Waals surface area contributed by atoms with E-state index in [9.17, 15) is 0 Å². The maximum Gasteiger partial charge on any atom is 0.164 e. The van der Waals surface area contributed by atoms with E-state index in [2.05, 4.69) is 334 Å². The number of rotatable bonds is 9. The fourth-order valence-corrected chi connectivity index (χ4v) is 21.9. The number of aromatic nitrogens is 7. The standard InChI is InChI=1S/C60H37N3S.C53H32N4S/c1-4-17-38(18-5-1)54-37-55(63-59(62-54)40-21-8-3-9-22-40)43-24-16-23-41(33-43)42-31-32-53-47(34-42)46-35-52-57(36-48(46)58(61-53)39-19-6-2-7-20-39)64-56-30-15-14-29-51(56)60(52)49-27-12-10-25-44(49)45-26-11-13-28-50(45)60;1-4-16-33(17-5-1)49-41-32-48-45(53(44-26-14-15-27-47(44)58-48)42-24-12-10-22-37(42)38-23-11-13-25-43(38)53)31-39(41)40-30-36(28-29-46(40)54-49)52-56-50(34-18-6-2-7-19-34)55-51(57-52)35-20-8-3-9-21-35/h1-37H;1-32H. The highest BCUT2D eigenvalue weighted by atomic mass is 32.2. The van der Waals surface area contributed by atoms with Crippen molar-refractivity contribution >= 4 is 66.9 Å². The van der Waals surface area contributed by atoms with Crippen LogP contribution < -0.4 is 0 Å². The molecule has 122 heavy (non-hydrogen) atoms. The summed E-state index contributed by atoms with van der Waals surface area (Å²) in [5.74, 6) is 2.59. The number of fused-ring (bicyclic) bond motifs is 24. The lowest BCUT2D eigenvalue weighted by Crippen LogP contribution is -2.32. The molecule has 4 aromatic heterocycles. The zero-order valence-electron chi connectivity index (χ0n) is 65.8. The van der Waals surface area contributed by atoms with Crippen molar-refractivity contribution in [1.29, 1.82) is 0 Å². The highest BCUT2D eigenvalue weighted by molar-refractivity contribution is 7.99. The second-order valence-electron chi connectivity index (χ2n) is 31.6. The Balaban J connectivity index is 0.000000139. The molecule has 0 atom stereocenters. The molecule has 0 unspecified atom stereocenters. The summed E-state index contributed by atoms with van der Waals surface area (Å²) in [5.41, 5.74) is 30.6. The molecule has 9 heteroatoms. The van der Waals surface area contributed by atoms with E-state index in [-0.39, 0.29) is 0 Å². The molecule has 7 nitrogen and oxygen atoms in total. The molecule has 0 saturated heterocycles. The molecule has 25 rings (SSSR count). The molecule has 2 spiro atoms. The van der Waals surface area contributed by atoms with Gasteiger partial charge in [-0.05, 0) is 168 Å². The normalized spacial score (nSPS) is 13.1. The third-order valence-corrected chi connectivity index (χ3v) is 27.2. The fraction of sp³-hybridized carbons (Fsp3) is 0.0177. The Labute approximate surface area is 714 Å². The van der Waals surface area contributed by atoms with Crippen LogP contribution >= 0.6 is 23.5 Å². The molecule has 21 aromatic rings. The number of hydrogen-bond donors (Lipinski definition) is 0. The lowest BCUT2D eigenvalue weighted by Gasteiger charge is -2.40. The quantitative estimate of drug-likeness (QED) is 0.131. The minimum Gasteiger partial charge on any atom is -0.247 e. The first-order valence-corrected chi connectivity index (χ1v) is 42.9. The Morgan fingerprint density at radius 1 is 0.164 bits per heavy atom. The minimum absolute atomic E-state index is 0.484. The van der Waals surface area contributed by atoms with Crippen LogP contribution in [0, 0.1) is 0 Å². The maximum absolute atomic E-state index is 5.48. The zero-order valence-corrected chi connectivity index (χ0v) is 67.4. The fourth-order valence-electron chi connectivity index (χ4n) is 19.5. The average Bonchev–Trinajstić information content (AvgIpc) is 1.48. The van der Waals surface area contributed by atoms with Gasteiger partial charge < -0.3 is 0 Å². The van der Waals surface area contributed by atoms with Gasteiger partial charge in [0.05, 0.1) is 44.6 Å². The van der Waals surface area contributed by atoms with E-state index in [0.29, 0.717) is 23.3 Å². The monoisotopic (exact) mass is 1590 g/mol. The van der Waals surface area contributed by atoms with Gasteiger partial charge in [0, 0.05) is 85.6 Å². The van der Waals surface area contributed by atoms with Gasteiger partial charge in [-0.25, -0.2) is 34.9 Å². The molecular formula is C113H69N7S2. The average molecular weight is 1590 g/mol. The summed E-state index contributed by atoms with van der Waals surface area (Å²) >= 11 is 3.74.